The Morgan fingerprint density at radius 2 is 2.21 bits per heavy atom. The Hall–Kier alpha value is -1.13. The lowest BCUT2D eigenvalue weighted by molar-refractivity contribution is -0.0747. The molecule has 4 heteroatoms. The first kappa shape index (κ1) is 14.3. The van der Waals surface area contributed by atoms with E-state index in [0.29, 0.717) is 24.2 Å². The molecule has 0 spiro atoms. The van der Waals surface area contributed by atoms with Gasteiger partial charge in [0.05, 0.1) is 11.7 Å². The molecule has 0 saturated heterocycles. The molecule has 0 saturated carbocycles. The Bertz CT molecular complexity index is 472. The molecule has 2 unspecified atom stereocenters. The second-order valence-electron chi connectivity index (χ2n) is 6.09. The van der Waals surface area contributed by atoms with Crippen LogP contribution in [0.1, 0.15) is 45.3 Å². The van der Waals surface area contributed by atoms with Gasteiger partial charge >= 0.3 is 0 Å². The number of halogens is 1. The molecule has 1 aromatic carbocycles. The van der Waals surface area contributed by atoms with Crippen molar-refractivity contribution in [2.24, 2.45) is 0 Å². The van der Waals surface area contributed by atoms with Gasteiger partial charge in [-0.05, 0) is 39.0 Å². The van der Waals surface area contributed by atoms with Crippen LogP contribution in [0.5, 0.6) is 5.75 Å². The molecule has 1 aliphatic rings. The minimum absolute atomic E-state index is 0.341. The number of rotatable bonds is 3. The molecule has 1 heterocycles. The van der Waals surface area contributed by atoms with Gasteiger partial charge in [0.1, 0.15) is 17.2 Å². The lowest BCUT2D eigenvalue weighted by atomic mass is 9.82. The Morgan fingerprint density at radius 3 is 2.84 bits per heavy atom. The van der Waals surface area contributed by atoms with E-state index in [1.807, 2.05) is 20.8 Å². The van der Waals surface area contributed by atoms with Crippen LogP contribution < -0.4 is 4.74 Å². The maximum absolute atomic E-state index is 13.2. The zero-order valence-electron chi connectivity index (χ0n) is 11.9. The van der Waals surface area contributed by atoms with Crippen molar-refractivity contribution in [1.82, 2.24) is 0 Å². The van der Waals surface area contributed by atoms with Crippen LogP contribution in [0.4, 0.5) is 4.39 Å². The number of hydrogen-bond donors (Lipinski definition) is 1. The molecule has 0 aromatic heterocycles. The van der Waals surface area contributed by atoms with Crippen molar-refractivity contribution < 1.29 is 19.0 Å². The van der Waals surface area contributed by atoms with Gasteiger partial charge in [-0.2, -0.15) is 0 Å². The molecule has 0 bridgehead atoms. The Morgan fingerprint density at radius 1 is 1.53 bits per heavy atom. The summed E-state index contributed by atoms with van der Waals surface area (Å²) in [5.74, 6) is 0.191. The third-order valence-electron chi connectivity index (χ3n) is 3.66. The number of aliphatic hydroxyl groups excluding tert-OH is 1. The summed E-state index contributed by atoms with van der Waals surface area (Å²) >= 11 is 0. The maximum Gasteiger partial charge on any atom is 0.126 e. The van der Waals surface area contributed by atoms with Gasteiger partial charge < -0.3 is 14.6 Å². The number of aliphatic hydroxyl groups is 1. The van der Waals surface area contributed by atoms with E-state index in [1.54, 1.807) is 13.2 Å². The van der Waals surface area contributed by atoms with Gasteiger partial charge in [0, 0.05) is 25.5 Å². The molecular formula is C15H21FO3. The molecular weight excluding hydrogens is 247 g/mol. The predicted octanol–water partition coefficient (Wildman–Crippen LogP) is 3.22. The average Bonchev–Trinajstić information content (AvgIpc) is 2.29. The van der Waals surface area contributed by atoms with E-state index >= 15 is 0 Å². The highest BCUT2D eigenvalue weighted by Gasteiger charge is 2.40. The molecule has 0 amide bonds. The fourth-order valence-electron chi connectivity index (χ4n) is 2.78. The van der Waals surface area contributed by atoms with Crippen molar-refractivity contribution >= 4 is 0 Å². The van der Waals surface area contributed by atoms with E-state index < -0.39 is 11.7 Å². The second-order valence-corrected chi connectivity index (χ2v) is 6.09. The molecule has 2 atom stereocenters. The van der Waals surface area contributed by atoms with Crippen LogP contribution >= 0.6 is 0 Å². The Labute approximate surface area is 113 Å². The van der Waals surface area contributed by atoms with E-state index in [2.05, 4.69) is 0 Å². The molecule has 106 valence electrons. The van der Waals surface area contributed by atoms with Crippen LogP contribution in [-0.4, -0.2) is 23.4 Å². The van der Waals surface area contributed by atoms with E-state index in [0.717, 1.165) is 0 Å². The normalized spacial score (nSPS) is 26.7. The van der Waals surface area contributed by atoms with Gasteiger partial charge in [-0.25, -0.2) is 4.39 Å². The highest BCUT2D eigenvalue weighted by molar-refractivity contribution is 5.38. The van der Waals surface area contributed by atoms with Gasteiger partial charge in [0.2, 0.25) is 0 Å². The van der Waals surface area contributed by atoms with Crippen molar-refractivity contribution in [3.63, 3.8) is 0 Å². The fraction of sp³-hybridized carbons (Fsp3) is 0.600. The van der Waals surface area contributed by atoms with Crippen LogP contribution in [0.3, 0.4) is 0 Å². The molecule has 0 aliphatic carbocycles. The van der Waals surface area contributed by atoms with E-state index in [1.165, 1.54) is 12.1 Å². The van der Waals surface area contributed by atoms with E-state index in [-0.39, 0.29) is 11.4 Å². The lowest BCUT2D eigenvalue weighted by Gasteiger charge is -2.42. The van der Waals surface area contributed by atoms with E-state index in [4.69, 9.17) is 9.47 Å². The summed E-state index contributed by atoms with van der Waals surface area (Å²) in [5.41, 5.74) is -0.344. The van der Waals surface area contributed by atoms with E-state index in [9.17, 15) is 9.50 Å². The summed E-state index contributed by atoms with van der Waals surface area (Å²) in [6.07, 6.45) is 0.359. The standard InChI is InChI=1S/C15H21FO3/c1-14(2,18-4)9-15(3)8-12(17)11-7-10(16)5-6-13(11)19-15/h5-7,12,17H,8-9H2,1-4H3. The number of hydrogen-bond acceptors (Lipinski definition) is 3. The Kier molecular flexibility index (Phi) is 3.58. The predicted molar refractivity (Wildman–Crippen MR) is 70.7 cm³/mol. The van der Waals surface area contributed by atoms with Gasteiger partial charge in [-0.3, -0.25) is 0 Å². The van der Waals surface area contributed by atoms with Crippen molar-refractivity contribution in [3.05, 3.63) is 29.6 Å². The minimum Gasteiger partial charge on any atom is -0.487 e. The first-order chi connectivity index (χ1) is 8.75. The number of fused-ring (bicyclic) bond motifs is 1. The topological polar surface area (TPSA) is 38.7 Å². The SMILES string of the molecule is COC(C)(C)CC1(C)CC(O)c2cc(F)ccc2O1. The quantitative estimate of drug-likeness (QED) is 0.914. The lowest BCUT2D eigenvalue weighted by Crippen LogP contribution is -2.44. The molecule has 0 radical (unpaired) electrons. The minimum atomic E-state index is -0.711. The zero-order chi connectivity index (χ0) is 14.3. The summed E-state index contributed by atoms with van der Waals surface area (Å²) in [6.45, 7) is 5.91. The largest absolute Gasteiger partial charge is 0.487 e. The number of benzene rings is 1. The van der Waals surface area contributed by atoms with Crippen LogP contribution in [0.15, 0.2) is 18.2 Å². The van der Waals surface area contributed by atoms with Gasteiger partial charge in [0.15, 0.2) is 0 Å². The van der Waals surface area contributed by atoms with Crippen LogP contribution in [0.2, 0.25) is 0 Å². The molecule has 0 fully saturated rings. The third kappa shape index (κ3) is 3.07. The summed E-state index contributed by atoms with van der Waals surface area (Å²) in [6, 6.07) is 4.25. The fourth-order valence-corrected chi connectivity index (χ4v) is 2.78. The molecule has 19 heavy (non-hydrogen) atoms. The molecule has 2 rings (SSSR count). The molecule has 3 nitrogen and oxygen atoms in total. The smallest absolute Gasteiger partial charge is 0.126 e. The number of ether oxygens (including phenoxy) is 2. The van der Waals surface area contributed by atoms with Gasteiger partial charge in [-0.15, -0.1) is 0 Å². The first-order valence-corrected chi connectivity index (χ1v) is 6.46. The molecule has 1 aliphatic heterocycles. The monoisotopic (exact) mass is 268 g/mol. The van der Waals surface area contributed by atoms with Crippen LogP contribution in [-0.2, 0) is 4.74 Å². The average molecular weight is 268 g/mol. The van der Waals surface area contributed by atoms with Gasteiger partial charge in [-0.1, -0.05) is 0 Å². The third-order valence-corrected chi connectivity index (χ3v) is 3.66. The second kappa shape index (κ2) is 4.76. The highest BCUT2D eigenvalue weighted by Crippen LogP contribution is 2.43. The maximum atomic E-state index is 13.2. The van der Waals surface area contributed by atoms with Crippen molar-refractivity contribution in [3.8, 4) is 5.75 Å². The summed E-state index contributed by atoms with van der Waals surface area (Å²) in [5, 5.41) is 10.2. The number of methoxy groups -OCH3 is 1. The molecule has 1 aromatic rings. The summed E-state index contributed by atoms with van der Waals surface area (Å²) in [7, 11) is 1.66. The first-order valence-electron chi connectivity index (χ1n) is 6.46. The van der Waals surface area contributed by atoms with Crippen molar-refractivity contribution in [2.75, 3.05) is 7.11 Å². The zero-order valence-corrected chi connectivity index (χ0v) is 11.9. The van der Waals surface area contributed by atoms with Crippen molar-refractivity contribution in [2.45, 2.75) is 50.9 Å². The highest BCUT2D eigenvalue weighted by atomic mass is 19.1. The summed E-state index contributed by atoms with van der Waals surface area (Å²) in [4.78, 5) is 0. The van der Waals surface area contributed by atoms with Crippen molar-refractivity contribution in [1.29, 1.82) is 0 Å². The summed E-state index contributed by atoms with van der Waals surface area (Å²) < 4.78 is 24.6. The van der Waals surface area contributed by atoms with Crippen LogP contribution in [0.25, 0.3) is 0 Å². The van der Waals surface area contributed by atoms with Crippen LogP contribution in [0, 0.1) is 5.82 Å². The molecule has 1 N–H and O–H groups in total. The van der Waals surface area contributed by atoms with Gasteiger partial charge in [0.25, 0.3) is 0 Å². The Balaban J connectivity index is 2.27.